The lowest BCUT2D eigenvalue weighted by atomic mass is 10.1. The number of piperidine rings is 1. The highest BCUT2D eigenvalue weighted by molar-refractivity contribution is 8.00. The second-order valence-electron chi connectivity index (χ2n) is 7.23. The average Bonchev–Trinajstić information content (AvgIpc) is 2.70. The van der Waals surface area contributed by atoms with Crippen LogP contribution in [-0.4, -0.2) is 40.4 Å². The van der Waals surface area contributed by atoms with Crippen molar-refractivity contribution in [3.63, 3.8) is 0 Å². The number of hydrogen-bond acceptors (Lipinski definition) is 4. The Morgan fingerprint density at radius 3 is 2.50 bits per heavy atom. The highest BCUT2D eigenvalue weighted by atomic mass is 35.5. The van der Waals surface area contributed by atoms with E-state index in [1.165, 1.54) is 17.3 Å². The summed E-state index contributed by atoms with van der Waals surface area (Å²) < 4.78 is 0. The molecule has 0 radical (unpaired) electrons. The van der Waals surface area contributed by atoms with Crippen molar-refractivity contribution in [2.24, 2.45) is 0 Å². The van der Waals surface area contributed by atoms with Crippen LogP contribution in [0.15, 0.2) is 53.4 Å². The minimum atomic E-state index is -0.214. The molecule has 1 unspecified atom stereocenters. The smallest absolute Gasteiger partial charge is 0.233 e. The van der Waals surface area contributed by atoms with Crippen LogP contribution in [0.1, 0.15) is 30.9 Å². The molecule has 1 heterocycles. The number of carbonyl (C=O) groups excluding carboxylic acids is 1. The number of amides is 1. The van der Waals surface area contributed by atoms with Crippen LogP contribution < -0.4 is 5.32 Å². The summed E-state index contributed by atoms with van der Waals surface area (Å²) in [6.07, 6.45) is 1.57. The fourth-order valence-electron chi connectivity index (χ4n) is 3.22. The zero-order chi connectivity index (χ0) is 19.9. The van der Waals surface area contributed by atoms with Gasteiger partial charge in [0.15, 0.2) is 0 Å². The van der Waals surface area contributed by atoms with Crippen molar-refractivity contribution in [1.29, 1.82) is 0 Å². The quantitative estimate of drug-likeness (QED) is 0.665. The minimum absolute atomic E-state index is 0.000806. The van der Waals surface area contributed by atoms with Crippen LogP contribution in [0.4, 0.5) is 0 Å². The zero-order valence-corrected chi connectivity index (χ0v) is 17.7. The molecule has 0 bridgehead atoms. The van der Waals surface area contributed by atoms with Crippen molar-refractivity contribution < 1.29 is 9.90 Å². The third kappa shape index (κ3) is 6.24. The van der Waals surface area contributed by atoms with E-state index in [1.807, 2.05) is 31.2 Å². The highest BCUT2D eigenvalue weighted by Gasteiger charge is 2.17. The Hall–Kier alpha value is -1.53. The molecule has 1 atom stereocenters. The van der Waals surface area contributed by atoms with E-state index in [9.17, 15) is 9.90 Å². The standard InChI is InChI=1S/C22H27ClN2O2S/c1-16(28-21-5-3-2-4-20(21)23)22(27)24-14-17-6-8-18(9-7-17)15-25-12-10-19(26)11-13-25/h2-9,16,19,26H,10-15H2,1H3,(H,24,27). The van der Waals surface area contributed by atoms with Crippen molar-refractivity contribution in [2.45, 2.75) is 49.1 Å². The molecule has 3 rings (SSSR count). The molecule has 2 aromatic rings. The van der Waals surface area contributed by atoms with E-state index >= 15 is 0 Å². The molecule has 4 nitrogen and oxygen atoms in total. The van der Waals surface area contributed by atoms with Crippen molar-refractivity contribution in [3.8, 4) is 0 Å². The van der Waals surface area contributed by atoms with Crippen molar-refractivity contribution >= 4 is 29.3 Å². The number of carbonyl (C=O) groups is 1. The molecule has 1 aliphatic heterocycles. The fourth-order valence-corrected chi connectivity index (χ4v) is 4.39. The number of rotatable bonds is 7. The number of benzene rings is 2. The summed E-state index contributed by atoms with van der Waals surface area (Å²) in [6.45, 7) is 5.20. The van der Waals surface area contributed by atoms with E-state index in [2.05, 4.69) is 34.5 Å². The molecule has 1 fully saturated rings. The van der Waals surface area contributed by atoms with Gasteiger partial charge in [-0.05, 0) is 43.0 Å². The van der Waals surface area contributed by atoms with Crippen LogP contribution >= 0.6 is 23.4 Å². The van der Waals surface area contributed by atoms with E-state index in [4.69, 9.17) is 11.6 Å². The normalized spacial score (nSPS) is 16.7. The molecular weight excluding hydrogens is 392 g/mol. The SMILES string of the molecule is CC(Sc1ccccc1Cl)C(=O)NCc1ccc(CN2CCC(O)CC2)cc1. The molecule has 0 saturated carbocycles. The first kappa shape index (κ1) is 21.2. The summed E-state index contributed by atoms with van der Waals surface area (Å²) in [6, 6.07) is 16.0. The number of likely N-dealkylation sites (tertiary alicyclic amines) is 1. The minimum Gasteiger partial charge on any atom is -0.393 e. The zero-order valence-electron chi connectivity index (χ0n) is 16.1. The summed E-state index contributed by atoms with van der Waals surface area (Å²) in [4.78, 5) is 15.7. The fraction of sp³-hybridized carbons (Fsp3) is 0.409. The lowest BCUT2D eigenvalue weighted by molar-refractivity contribution is -0.120. The highest BCUT2D eigenvalue weighted by Crippen LogP contribution is 2.30. The molecule has 0 spiro atoms. The first-order chi connectivity index (χ1) is 13.5. The summed E-state index contributed by atoms with van der Waals surface area (Å²) in [5.41, 5.74) is 2.34. The maximum Gasteiger partial charge on any atom is 0.233 e. The number of aliphatic hydroxyl groups is 1. The summed E-state index contributed by atoms with van der Waals surface area (Å²) >= 11 is 7.64. The van der Waals surface area contributed by atoms with Crippen molar-refractivity contribution in [3.05, 3.63) is 64.7 Å². The molecule has 2 aromatic carbocycles. The van der Waals surface area contributed by atoms with Crippen LogP contribution in [0.5, 0.6) is 0 Å². The van der Waals surface area contributed by atoms with Crippen molar-refractivity contribution in [2.75, 3.05) is 13.1 Å². The van der Waals surface area contributed by atoms with Gasteiger partial charge in [0.2, 0.25) is 5.91 Å². The first-order valence-electron chi connectivity index (χ1n) is 9.68. The van der Waals surface area contributed by atoms with Gasteiger partial charge in [-0.25, -0.2) is 0 Å². The van der Waals surface area contributed by atoms with Crippen LogP contribution in [0.2, 0.25) is 5.02 Å². The van der Waals surface area contributed by atoms with E-state index in [0.29, 0.717) is 11.6 Å². The predicted molar refractivity (Wildman–Crippen MR) is 116 cm³/mol. The number of halogens is 1. The van der Waals surface area contributed by atoms with Gasteiger partial charge in [-0.1, -0.05) is 48.0 Å². The van der Waals surface area contributed by atoms with Gasteiger partial charge in [-0.15, -0.1) is 11.8 Å². The van der Waals surface area contributed by atoms with Gasteiger partial charge >= 0.3 is 0 Å². The van der Waals surface area contributed by atoms with Gasteiger partial charge in [0.05, 0.1) is 16.4 Å². The van der Waals surface area contributed by atoms with Gasteiger partial charge in [-0.3, -0.25) is 9.69 Å². The topological polar surface area (TPSA) is 52.6 Å². The Morgan fingerprint density at radius 2 is 1.82 bits per heavy atom. The summed E-state index contributed by atoms with van der Waals surface area (Å²) in [5, 5.41) is 13.1. The van der Waals surface area contributed by atoms with E-state index in [-0.39, 0.29) is 17.3 Å². The van der Waals surface area contributed by atoms with Gasteiger partial charge in [0.1, 0.15) is 0 Å². The van der Waals surface area contributed by atoms with E-state index in [0.717, 1.165) is 42.9 Å². The van der Waals surface area contributed by atoms with Crippen LogP contribution in [0.25, 0.3) is 0 Å². The van der Waals surface area contributed by atoms with Crippen molar-refractivity contribution in [1.82, 2.24) is 10.2 Å². The lowest BCUT2D eigenvalue weighted by Crippen LogP contribution is -2.35. The molecule has 1 amide bonds. The van der Waals surface area contributed by atoms with Crippen LogP contribution in [0, 0.1) is 0 Å². The second-order valence-corrected chi connectivity index (χ2v) is 9.02. The molecule has 1 saturated heterocycles. The summed E-state index contributed by atoms with van der Waals surface area (Å²) in [5.74, 6) is 0.000806. The maximum atomic E-state index is 12.4. The van der Waals surface area contributed by atoms with Gasteiger partial charge in [-0.2, -0.15) is 0 Å². The number of aliphatic hydroxyl groups excluding tert-OH is 1. The summed E-state index contributed by atoms with van der Waals surface area (Å²) in [7, 11) is 0. The Labute approximate surface area is 176 Å². The predicted octanol–water partition coefficient (Wildman–Crippen LogP) is 4.09. The van der Waals surface area contributed by atoms with Crippen LogP contribution in [0.3, 0.4) is 0 Å². The largest absolute Gasteiger partial charge is 0.393 e. The maximum absolute atomic E-state index is 12.4. The monoisotopic (exact) mass is 418 g/mol. The number of hydrogen-bond donors (Lipinski definition) is 2. The molecule has 2 N–H and O–H groups in total. The Bertz CT molecular complexity index is 776. The number of nitrogens with zero attached hydrogens (tertiary/aromatic N) is 1. The molecule has 28 heavy (non-hydrogen) atoms. The second kappa shape index (κ2) is 10.3. The third-order valence-electron chi connectivity index (χ3n) is 4.96. The average molecular weight is 419 g/mol. The molecule has 0 aromatic heterocycles. The van der Waals surface area contributed by atoms with Gasteiger partial charge in [0.25, 0.3) is 0 Å². The molecule has 0 aliphatic carbocycles. The Balaban J connectivity index is 1.45. The van der Waals surface area contributed by atoms with E-state index < -0.39 is 0 Å². The van der Waals surface area contributed by atoms with Gasteiger partial charge < -0.3 is 10.4 Å². The Morgan fingerprint density at radius 1 is 1.18 bits per heavy atom. The molecular formula is C22H27ClN2O2S. The number of nitrogens with one attached hydrogen (secondary N) is 1. The lowest BCUT2D eigenvalue weighted by Gasteiger charge is -2.29. The van der Waals surface area contributed by atoms with Crippen LogP contribution in [-0.2, 0) is 17.9 Å². The van der Waals surface area contributed by atoms with E-state index in [1.54, 1.807) is 0 Å². The number of thioether (sulfide) groups is 1. The van der Waals surface area contributed by atoms with Gasteiger partial charge in [0, 0.05) is 31.1 Å². The molecule has 6 heteroatoms. The molecule has 1 aliphatic rings. The third-order valence-corrected chi connectivity index (χ3v) is 6.58. The Kier molecular flexibility index (Phi) is 7.80. The first-order valence-corrected chi connectivity index (χ1v) is 10.9. The molecule has 150 valence electrons.